The van der Waals surface area contributed by atoms with Crippen molar-refractivity contribution in [2.75, 3.05) is 19.0 Å². The maximum Gasteiger partial charge on any atom is 0.387 e. The summed E-state index contributed by atoms with van der Waals surface area (Å²) >= 11 is 0.979. The van der Waals surface area contributed by atoms with Crippen molar-refractivity contribution >= 4 is 28.3 Å². The van der Waals surface area contributed by atoms with E-state index in [2.05, 4.69) is 15.0 Å². The number of aryl methyl sites for hydroxylation is 1. The second kappa shape index (κ2) is 8.56. The maximum atomic E-state index is 12.3. The molecule has 2 aromatic rings. The molecule has 7 nitrogen and oxygen atoms in total. The summed E-state index contributed by atoms with van der Waals surface area (Å²) in [5.41, 5.74) is 0.580. The summed E-state index contributed by atoms with van der Waals surface area (Å²) in [6, 6.07) is 3.78. The number of ether oxygens (including phenoxy) is 3. The van der Waals surface area contributed by atoms with Crippen molar-refractivity contribution in [2.45, 2.75) is 20.5 Å². The Kier molecular flexibility index (Phi) is 6.45. The number of nitrogens with one attached hydrogen (secondary N) is 1. The zero-order valence-corrected chi connectivity index (χ0v) is 15.0. The molecule has 26 heavy (non-hydrogen) atoms. The molecule has 1 aromatic heterocycles. The van der Waals surface area contributed by atoms with Gasteiger partial charge in [0, 0.05) is 5.56 Å². The van der Waals surface area contributed by atoms with Gasteiger partial charge in [-0.1, -0.05) is 11.3 Å². The molecular weight excluding hydrogens is 370 g/mol. The van der Waals surface area contributed by atoms with Crippen LogP contribution in [0.4, 0.5) is 13.9 Å². The van der Waals surface area contributed by atoms with E-state index in [1.54, 1.807) is 13.8 Å². The summed E-state index contributed by atoms with van der Waals surface area (Å²) in [7, 11) is 1.27. The molecule has 0 fully saturated rings. The highest BCUT2D eigenvalue weighted by Crippen LogP contribution is 2.30. The first-order valence-electron chi connectivity index (χ1n) is 7.44. The minimum atomic E-state index is -3.01. The number of nitrogens with zero attached hydrogens (tertiary/aromatic N) is 1. The van der Waals surface area contributed by atoms with Crippen LogP contribution in [0, 0.1) is 6.92 Å². The molecule has 0 bridgehead atoms. The quantitative estimate of drug-likeness (QED) is 0.733. The lowest BCUT2D eigenvalue weighted by molar-refractivity contribution is -0.0512. The van der Waals surface area contributed by atoms with Gasteiger partial charge in [0.1, 0.15) is 4.88 Å². The molecule has 1 N–H and O–H groups in total. The lowest BCUT2D eigenvalue weighted by Crippen LogP contribution is -2.12. The van der Waals surface area contributed by atoms with Gasteiger partial charge in [0.05, 0.1) is 19.4 Å². The van der Waals surface area contributed by atoms with Crippen molar-refractivity contribution in [3.63, 3.8) is 0 Å². The van der Waals surface area contributed by atoms with Gasteiger partial charge in [0.2, 0.25) is 0 Å². The molecule has 2 rings (SSSR count). The fraction of sp³-hybridized carbons (Fsp3) is 0.312. The molecule has 0 aliphatic carbocycles. The number of carbonyl (C=O) groups is 2. The topological polar surface area (TPSA) is 86.8 Å². The predicted molar refractivity (Wildman–Crippen MR) is 90.4 cm³/mol. The van der Waals surface area contributed by atoms with E-state index < -0.39 is 18.5 Å². The zero-order valence-electron chi connectivity index (χ0n) is 14.2. The number of alkyl halides is 2. The van der Waals surface area contributed by atoms with Crippen molar-refractivity contribution in [3.8, 4) is 11.5 Å². The first kappa shape index (κ1) is 19.6. The zero-order chi connectivity index (χ0) is 19.3. The van der Waals surface area contributed by atoms with Crippen LogP contribution in [-0.2, 0) is 4.74 Å². The first-order valence-corrected chi connectivity index (χ1v) is 8.26. The van der Waals surface area contributed by atoms with E-state index in [-0.39, 0.29) is 28.8 Å². The number of amides is 1. The summed E-state index contributed by atoms with van der Waals surface area (Å²) in [6.07, 6.45) is 0. The van der Waals surface area contributed by atoms with E-state index in [0.29, 0.717) is 10.6 Å². The Morgan fingerprint density at radius 1 is 1.31 bits per heavy atom. The second-order valence-corrected chi connectivity index (χ2v) is 5.85. The Morgan fingerprint density at radius 3 is 2.65 bits per heavy atom. The van der Waals surface area contributed by atoms with Crippen molar-refractivity contribution in [3.05, 3.63) is 34.3 Å². The molecule has 1 aromatic carbocycles. The number of carbonyl (C=O) groups excluding carboxylic acids is 2. The Hall–Kier alpha value is -2.75. The second-order valence-electron chi connectivity index (χ2n) is 4.85. The average molecular weight is 386 g/mol. The van der Waals surface area contributed by atoms with Crippen LogP contribution in [0.3, 0.4) is 0 Å². The van der Waals surface area contributed by atoms with E-state index in [1.807, 2.05) is 0 Å². The summed E-state index contributed by atoms with van der Waals surface area (Å²) in [4.78, 5) is 28.5. The summed E-state index contributed by atoms with van der Waals surface area (Å²) in [6.45, 7) is 0.525. The molecule has 0 saturated heterocycles. The van der Waals surface area contributed by atoms with Crippen LogP contribution >= 0.6 is 11.3 Å². The number of rotatable bonds is 7. The summed E-state index contributed by atoms with van der Waals surface area (Å²) in [5.74, 6) is -1.26. The van der Waals surface area contributed by atoms with Gasteiger partial charge in [0.15, 0.2) is 16.6 Å². The summed E-state index contributed by atoms with van der Waals surface area (Å²) < 4.78 is 38.9. The number of halogens is 2. The van der Waals surface area contributed by atoms with Crippen molar-refractivity contribution in [2.24, 2.45) is 0 Å². The van der Waals surface area contributed by atoms with E-state index in [4.69, 9.17) is 9.47 Å². The van der Waals surface area contributed by atoms with Gasteiger partial charge in [-0.25, -0.2) is 9.78 Å². The van der Waals surface area contributed by atoms with Crippen LogP contribution in [0.1, 0.15) is 32.6 Å². The Balaban J connectivity index is 2.17. The van der Waals surface area contributed by atoms with Gasteiger partial charge in [0.25, 0.3) is 5.91 Å². The van der Waals surface area contributed by atoms with Crippen molar-refractivity contribution in [1.82, 2.24) is 4.98 Å². The Morgan fingerprint density at radius 2 is 2.04 bits per heavy atom. The minimum absolute atomic E-state index is 0.0134. The molecular formula is C16H16F2N2O5S. The molecule has 1 amide bonds. The fourth-order valence-corrected chi connectivity index (χ4v) is 2.86. The fourth-order valence-electron chi connectivity index (χ4n) is 2.01. The molecule has 0 atom stereocenters. The lowest BCUT2D eigenvalue weighted by atomic mass is 10.2. The SMILES string of the molecule is CCOC(=O)c1sc(NC(=O)c2ccc(OC(F)F)c(OC)c2)nc1C. The Bertz CT molecular complexity index is 810. The lowest BCUT2D eigenvalue weighted by Gasteiger charge is -2.11. The van der Waals surface area contributed by atoms with E-state index >= 15 is 0 Å². The highest BCUT2D eigenvalue weighted by atomic mass is 32.1. The molecule has 0 unspecified atom stereocenters. The van der Waals surface area contributed by atoms with Crippen molar-refractivity contribution < 1.29 is 32.6 Å². The maximum absolute atomic E-state index is 12.3. The monoisotopic (exact) mass is 386 g/mol. The van der Waals surface area contributed by atoms with Gasteiger partial charge in [-0.15, -0.1) is 0 Å². The third kappa shape index (κ3) is 4.66. The number of esters is 1. The van der Waals surface area contributed by atoms with Crippen LogP contribution in [-0.4, -0.2) is 37.2 Å². The number of benzene rings is 1. The largest absolute Gasteiger partial charge is 0.493 e. The molecule has 1 heterocycles. The van der Waals surface area contributed by atoms with Gasteiger partial charge in [-0.3, -0.25) is 10.1 Å². The van der Waals surface area contributed by atoms with Gasteiger partial charge in [-0.2, -0.15) is 8.78 Å². The van der Waals surface area contributed by atoms with E-state index in [9.17, 15) is 18.4 Å². The number of hydrogen-bond donors (Lipinski definition) is 1. The standard InChI is InChI=1S/C16H16F2N2O5S/c1-4-24-14(22)12-8(2)19-16(26-12)20-13(21)9-5-6-10(25-15(17)18)11(7-9)23-3/h5-7,15H,4H2,1-3H3,(H,19,20,21). The average Bonchev–Trinajstić information content (AvgIpc) is 2.95. The van der Waals surface area contributed by atoms with Crippen LogP contribution in [0.15, 0.2) is 18.2 Å². The molecule has 0 saturated carbocycles. The van der Waals surface area contributed by atoms with Gasteiger partial charge >= 0.3 is 12.6 Å². The van der Waals surface area contributed by atoms with Crippen molar-refractivity contribution in [1.29, 1.82) is 0 Å². The number of thiazole rings is 1. The van der Waals surface area contributed by atoms with E-state index in [1.165, 1.54) is 25.3 Å². The molecule has 0 aliphatic heterocycles. The number of aromatic nitrogens is 1. The normalized spacial score (nSPS) is 10.5. The highest BCUT2D eigenvalue weighted by molar-refractivity contribution is 7.17. The summed E-state index contributed by atoms with van der Waals surface area (Å²) in [5, 5.41) is 2.75. The molecule has 0 radical (unpaired) electrons. The van der Waals surface area contributed by atoms with Crippen LogP contribution < -0.4 is 14.8 Å². The minimum Gasteiger partial charge on any atom is -0.493 e. The molecule has 0 aliphatic rings. The Labute approximate surface area is 151 Å². The first-order chi connectivity index (χ1) is 12.3. The number of anilines is 1. The molecule has 10 heteroatoms. The molecule has 140 valence electrons. The number of methoxy groups -OCH3 is 1. The van der Waals surface area contributed by atoms with Crippen LogP contribution in [0.25, 0.3) is 0 Å². The van der Waals surface area contributed by atoms with Gasteiger partial charge in [-0.05, 0) is 32.0 Å². The third-order valence-electron chi connectivity index (χ3n) is 3.12. The third-order valence-corrected chi connectivity index (χ3v) is 4.17. The van der Waals surface area contributed by atoms with Crippen LogP contribution in [0.5, 0.6) is 11.5 Å². The smallest absolute Gasteiger partial charge is 0.387 e. The van der Waals surface area contributed by atoms with E-state index in [0.717, 1.165) is 11.3 Å². The van der Waals surface area contributed by atoms with Crippen LogP contribution in [0.2, 0.25) is 0 Å². The number of hydrogen-bond acceptors (Lipinski definition) is 7. The predicted octanol–water partition coefficient (Wildman–Crippen LogP) is 3.49. The van der Waals surface area contributed by atoms with Gasteiger partial charge < -0.3 is 14.2 Å². The molecule has 0 spiro atoms. The highest BCUT2D eigenvalue weighted by Gasteiger charge is 2.19.